The topological polar surface area (TPSA) is 132 Å². The van der Waals surface area contributed by atoms with Gasteiger partial charge in [0.05, 0.1) is 13.7 Å². The summed E-state index contributed by atoms with van der Waals surface area (Å²) >= 11 is 0. The van der Waals surface area contributed by atoms with E-state index in [0.717, 1.165) is 5.56 Å². The Kier molecular flexibility index (Phi) is 10.6. The van der Waals surface area contributed by atoms with Crippen molar-refractivity contribution in [3.8, 4) is 5.75 Å². The minimum absolute atomic E-state index is 0.169. The molecule has 3 amide bonds. The quantitative estimate of drug-likeness (QED) is 0.538. The highest BCUT2D eigenvalue weighted by molar-refractivity contribution is 5.93. The second kappa shape index (κ2) is 13.1. The van der Waals surface area contributed by atoms with Gasteiger partial charge in [-0.05, 0) is 63.6 Å². The molecule has 3 atom stereocenters. The highest BCUT2D eigenvalue weighted by Crippen LogP contribution is 2.16. The van der Waals surface area contributed by atoms with Crippen LogP contribution in [0.5, 0.6) is 5.75 Å². The maximum Gasteiger partial charge on any atom is 0.408 e. The van der Waals surface area contributed by atoms with Gasteiger partial charge in [-0.3, -0.25) is 9.59 Å². The maximum absolute atomic E-state index is 13.3. The van der Waals surface area contributed by atoms with Gasteiger partial charge >= 0.3 is 12.1 Å². The van der Waals surface area contributed by atoms with E-state index in [1.165, 1.54) is 7.11 Å². The molecule has 0 unspecified atom stereocenters. The number of hydrogen-bond acceptors (Lipinski definition) is 7. The molecule has 0 saturated heterocycles. The molecule has 2 bridgehead atoms. The van der Waals surface area contributed by atoms with Crippen LogP contribution in [0.4, 0.5) is 4.79 Å². The van der Waals surface area contributed by atoms with E-state index in [2.05, 4.69) is 16.0 Å². The van der Waals surface area contributed by atoms with Crippen LogP contribution in [0, 0.1) is 5.92 Å². The van der Waals surface area contributed by atoms with Crippen LogP contribution in [0.1, 0.15) is 59.4 Å². The van der Waals surface area contributed by atoms with Crippen molar-refractivity contribution in [1.82, 2.24) is 16.0 Å². The van der Waals surface area contributed by atoms with Gasteiger partial charge in [0.25, 0.3) is 0 Å². The fourth-order valence-electron chi connectivity index (χ4n) is 3.70. The van der Waals surface area contributed by atoms with E-state index < -0.39 is 47.6 Å². The zero-order valence-corrected chi connectivity index (χ0v) is 22.0. The first kappa shape index (κ1) is 28.9. The van der Waals surface area contributed by atoms with Gasteiger partial charge in [0.15, 0.2) is 0 Å². The lowest BCUT2D eigenvalue weighted by atomic mass is 10.00. The van der Waals surface area contributed by atoms with Crippen molar-refractivity contribution in [3.05, 3.63) is 29.8 Å². The van der Waals surface area contributed by atoms with Crippen molar-refractivity contribution in [2.75, 3.05) is 13.7 Å². The average Bonchev–Trinajstić information content (AvgIpc) is 2.79. The van der Waals surface area contributed by atoms with E-state index in [0.29, 0.717) is 31.6 Å². The van der Waals surface area contributed by atoms with Crippen molar-refractivity contribution >= 4 is 23.9 Å². The first-order valence-electron chi connectivity index (χ1n) is 12.3. The number of esters is 1. The van der Waals surface area contributed by atoms with E-state index in [4.69, 9.17) is 14.2 Å². The summed E-state index contributed by atoms with van der Waals surface area (Å²) in [5.41, 5.74) is 0.0405. The summed E-state index contributed by atoms with van der Waals surface area (Å²) in [5, 5.41) is 8.09. The molecule has 200 valence electrons. The van der Waals surface area contributed by atoms with E-state index in [1.807, 2.05) is 12.1 Å². The lowest BCUT2D eigenvalue weighted by Gasteiger charge is -2.27. The third-order valence-corrected chi connectivity index (χ3v) is 5.58. The maximum atomic E-state index is 13.3. The molecule has 3 rings (SSSR count). The SMILES string of the molecule is COC(=O)[C@@H]1CCCCOc2ccc(cc2)C[C@H](NC(=O)OC(C)(C)C)C(=O)N[C@@H](C(C)C)C(=O)N1. The van der Waals surface area contributed by atoms with Crippen molar-refractivity contribution in [3.63, 3.8) is 0 Å². The normalized spacial score (nSPS) is 22.0. The molecule has 0 aromatic heterocycles. The number of carbonyl (C=O) groups is 4. The molecule has 2 aliphatic rings. The molecule has 0 fully saturated rings. The molecular formula is C26H39N3O7. The van der Waals surface area contributed by atoms with Gasteiger partial charge < -0.3 is 30.2 Å². The Balaban J connectivity index is 2.35. The Hall–Kier alpha value is -3.30. The second-order valence-electron chi connectivity index (χ2n) is 10.2. The van der Waals surface area contributed by atoms with Crippen LogP contribution < -0.4 is 20.7 Å². The lowest BCUT2D eigenvalue weighted by Crippen LogP contribution is -2.58. The predicted molar refractivity (Wildman–Crippen MR) is 133 cm³/mol. The minimum atomic E-state index is -1.01. The van der Waals surface area contributed by atoms with Crippen molar-refractivity contribution < 1.29 is 33.4 Å². The fraction of sp³-hybridized carbons (Fsp3) is 0.615. The molecule has 0 radical (unpaired) electrons. The molecule has 10 nitrogen and oxygen atoms in total. The number of fused-ring (bicyclic) bond motifs is 14. The fourth-order valence-corrected chi connectivity index (χ4v) is 3.70. The minimum Gasteiger partial charge on any atom is -0.494 e. The standard InChI is InChI=1S/C26H39N3O7/c1-16(2)21-23(31)27-19(24(32)34-6)9-7-8-14-35-18-12-10-17(11-13-18)15-20(22(30)29-21)28-25(33)36-26(3,4)5/h10-13,16,19-21H,7-9,14-15H2,1-6H3,(H,27,31)(H,28,33)(H,29,30)/t19-,20-,21-/m0/s1. The Labute approximate surface area is 212 Å². The molecule has 1 aromatic rings. The predicted octanol–water partition coefficient (Wildman–Crippen LogP) is 2.48. The molecule has 10 heteroatoms. The molecule has 0 aliphatic carbocycles. The summed E-state index contributed by atoms with van der Waals surface area (Å²) < 4.78 is 16.0. The van der Waals surface area contributed by atoms with Crippen LogP contribution in [0.25, 0.3) is 0 Å². The van der Waals surface area contributed by atoms with Gasteiger partial charge in [-0.15, -0.1) is 0 Å². The number of amides is 3. The van der Waals surface area contributed by atoms with Crippen LogP contribution in [-0.4, -0.2) is 61.3 Å². The highest BCUT2D eigenvalue weighted by atomic mass is 16.6. The van der Waals surface area contributed by atoms with Crippen LogP contribution in [0.2, 0.25) is 0 Å². The number of benzene rings is 1. The van der Waals surface area contributed by atoms with Gasteiger partial charge in [-0.1, -0.05) is 26.0 Å². The summed E-state index contributed by atoms with van der Waals surface area (Å²) in [6, 6.07) is 4.45. The summed E-state index contributed by atoms with van der Waals surface area (Å²) in [6.07, 6.45) is 1.09. The first-order chi connectivity index (χ1) is 16.9. The monoisotopic (exact) mass is 505 g/mol. The molecule has 3 N–H and O–H groups in total. The summed E-state index contributed by atoms with van der Waals surface area (Å²) in [6.45, 7) is 9.19. The summed E-state index contributed by atoms with van der Waals surface area (Å²) in [4.78, 5) is 51.2. The number of hydrogen-bond donors (Lipinski definition) is 3. The smallest absolute Gasteiger partial charge is 0.408 e. The number of carbonyl (C=O) groups excluding carboxylic acids is 4. The van der Waals surface area contributed by atoms with Crippen LogP contribution in [0.15, 0.2) is 24.3 Å². The molecule has 0 saturated carbocycles. The number of methoxy groups -OCH3 is 1. The van der Waals surface area contributed by atoms with E-state index >= 15 is 0 Å². The molecular weight excluding hydrogens is 466 g/mol. The van der Waals surface area contributed by atoms with Gasteiger partial charge in [-0.25, -0.2) is 9.59 Å². The molecule has 2 aliphatic heterocycles. The van der Waals surface area contributed by atoms with Gasteiger partial charge in [-0.2, -0.15) is 0 Å². The van der Waals surface area contributed by atoms with Gasteiger partial charge in [0, 0.05) is 6.42 Å². The van der Waals surface area contributed by atoms with Crippen LogP contribution >= 0.6 is 0 Å². The Morgan fingerprint density at radius 2 is 1.72 bits per heavy atom. The number of rotatable bonds is 3. The van der Waals surface area contributed by atoms with Crippen molar-refractivity contribution in [2.24, 2.45) is 5.92 Å². The second-order valence-corrected chi connectivity index (χ2v) is 10.2. The third-order valence-electron chi connectivity index (χ3n) is 5.58. The van der Waals surface area contributed by atoms with E-state index in [-0.39, 0.29) is 12.3 Å². The van der Waals surface area contributed by atoms with Crippen molar-refractivity contribution in [1.29, 1.82) is 0 Å². The zero-order chi connectivity index (χ0) is 26.9. The Bertz CT molecular complexity index is 909. The summed E-state index contributed by atoms with van der Waals surface area (Å²) in [7, 11) is 1.26. The average molecular weight is 506 g/mol. The summed E-state index contributed by atoms with van der Waals surface area (Å²) in [5.74, 6) is -1.23. The number of alkyl carbamates (subject to hydrolysis) is 1. The molecule has 1 aromatic carbocycles. The Morgan fingerprint density at radius 1 is 1.06 bits per heavy atom. The Morgan fingerprint density at radius 3 is 2.31 bits per heavy atom. The van der Waals surface area contributed by atoms with E-state index in [9.17, 15) is 19.2 Å². The van der Waals surface area contributed by atoms with Crippen LogP contribution in [-0.2, 0) is 30.3 Å². The number of nitrogens with one attached hydrogen (secondary N) is 3. The molecule has 2 heterocycles. The molecule has 36 heavy (non-hydrogen) atoms. The van der Waals surface area contributed by atoms with Gasteiger partial charge in [0.2, 0.25) is 11.8 Å². The third kappa shape index (κ3) is 9.39. The van der Waals surface area contributed by atoms with Crippen molar-refractivity contribution in [2.45, 2.75) is 84.0 Å². The largest absolute Gasteiger partial charge is 0.494 e. The van der Waals surface area contributed by atoms with E-state index in [1.54, 1.807) is 46.8 Å². The zero-order valence-electron chi connectivity index (χ0n) is 22.0. The first-order valence-corrected chi connectivity index (χ1v) is 12.3. The van der Waals surface area contributed by atoms with Crippen LogP contribution in [0.3, 0.4) is 0 Å². The highest BCUT2D eigenvalue weighted by Gasteiger charge is 2.32. The molecule has 0 spiro atoms. The lowest BCUT2D eigenvalue weighted by molar-refractivity contribution is -0.145. The number of ether oxygens (including phenoxy) is 3. The van der Waals surface area contributed by atoms with Gasteiger partial charge in [0.1, 0.15) is 29.5 Å².